The minimum atomic E-state index is -0.267. The molecule has 2 amide bonds. The van der Waals surface area contributed by atoms with Crippen molar-refractivity contribution in [2.24, 2.45) is 0 Å². The molecule has 0 aliphatic carbocycles. The zero-order valence-corrected chi connectivity index (χ0v) is 15.7. The number of carbonyl (C=O) groups excluding carboxylic acids is 2. The molecule has 2 aromatic carbocycles. The summed E-state index contributed by atoms with van der Waals surface area (Å²) in [5, 5.41) is 8.95. The summed E-state index contributed by atoms with van der Waals surface area (Å²) in [6, 6.07) is 16.7. The number of thioether (sulfide) groups is 1. The number of para-hydroxylation sites is 1. The monoisotopic (exact) mass is 378 g/mol. The normalized spacial score (nSPS) is 15.3. The van der Waals surface area contributed by atoms with E-state index in [4.69, 9.17) is 4.74 Å². The van der Waals surface area contributed by atoms with Gasteiger partial charge < -0.3 is 4.74 Å². The van der Waals surface area contributed by atoms with Crippen molar-refractivity contribution >= 4 is 29.0 Å². The van der Waals surface area contributed by atoms with Crippen LogP contribution in [0.5, 0.6) is 5.75 Å². The van der Waals surface area contributed by atoms with Crippen molar-refractivity contribution in [3.8, 4) is 11.8 Å². The summed E-state index contributed by atoms with van der Waals surface area (Å²) in [4.78, 5) is 26.1. The minimum absolute atomic E-state index is 0.241. The summed E-state index contributed by atoms with van der Waals surface area (Å²) >= 11 is 0.946. The molecule has 136 valence electrons. The molecule has 0 spiro atoms. The number of ether oxygens (including phenoxy) is 1. The number of amides is 2. The third-order valence-corrected chi connectivity index (χ3v) is 4.95. The van der Waals surface area contributed by atoms with Gasteiger partial charge in [-0.1, -0.05) is 43.3 Å². The predicted molar refractivity (Wildman–Crippen MR) is 105 cm³/mol. The van der Waals surface area contributed by atoms with Crippen molar-refractivity contribution in [3.05, 3.63) is 70.1 Å². The lowest BCUT2D eigenvalue weighted by atomic mass is 10.1. The van der Waals surface area contributed by atoms with Gasteiger partial charge in [0, 0.05) is 17.7 Å². The topological polar surface area (TPSA) is 70.4 Å². The van der Waals surface area contributed by atoms with Crippen LogP contribution in [0.1, 0.15) is 30.0 Å². The van der Waals surface area contributed by atoms with Crippen LogP contribution in [0.3, 0.4) is 0 Å². The van der Waals surface area contributed by atoms with E-state index in [1.807, 2.05) is 43.3 Å². The van der Waals surface area contributed by atoms with Crippen molar-refractivity contribution in [1.82, 2.24) is 4.90 Å². The van der Waals surface area contributed by atoms with Gasteiger partial charge >= 0.3 is 0 Å². The van der Waals surface area contributed by atoms with Crippen molar-refractivity contribution in [2.45, 2.75) is 20.0 Å². The number of imide groups is 1. The van der Waals surface area contributed by atoms with Gasteiger partial charge in [0.1, 0.15) is 12.4 Å². The van der Waals surface area contributed by atoms with Crippen molar-refractivity contribution in [3.63, 3.8) is 0 Å². The summed E-state index contributed by atoms with van der Waals surface area (Å²) in [5.74, 6) is 0.323. The van der Waals surface area contributed by atoms with Gasteiger partial charge in [0.15, 0.2) is 0 Å². The number of benzene rings is 2. The maximum Gasteiger partial charge on any atom is 0.293 e. The highest BCUT2D eigenvalue weighted by Gasteiger charge is 2.34. The van der Waals surface area contributed by atoms with Crippen LogP contribution in [0.25, 0.3) is 6.08 Å². The third kappa shape index (κ3) is 4.21. The quantitative estimate of drug-likeness (QED) is 0.688. The molecule has 0 atom stereocenters. The van der Waals surface area contributed by atoms with Gasteiger partial charge in [-0.2, -0.15) is 5.26 Å². The average Bonchev–Trinajstić information content (AvgIpc) is 2.95. The SMILES string of the molecule is CCCN1C(=O)S/C(=C/c2ccccc2OCc2ccccc2C#N)C1=O. The second-order valence-electron chi connectivity index (χ2n) is 5.93. The number of carbonyl (C=O) groups is 2. The first-order valence-electron chi connectivity index (χ1n) is 8.59. The Kier molecular flexibility index (Phi) is 5.94. The highest BCUT2D eigenvalue weighted by Crippen LogP contribution is 2.34. The molecule has 2 aromatic rings. The molecule has 0 unspecified atom stereocenters. The van der Waals surface area contributed by atoms with Gasteiger partial charge in [-0.3, -0.25) is 14.5 Å². The zero-order valence-electron chi connectivity index (χ0n) is 14.8. The average molecular weight is 378 g/mol. The van der Waals surface area contributed by atoms with Crippen LogP contribution in [-0.4, -0.2) is 22.6 Å². The molecule has 0 saturated carbocycles. The highest BCUT2D eigenvalue weighted by atomic mass is 32.2. The summed E-state index contributed by atoms with van der Waals surface area (Å²) in [5.41, 5.74) is 2.07. The first kappa shape index (κ1) is 18.7. The van der Waals surface area contributed by atoms with E-state index < -0.39 is 0 Å². The summed E-state index contributed by atoms with van der Waals surface area (Å²) < 4.78 is 5.90. The summed E-state index contributed by atoms with van der Waals surface area (Å²) in [6.45, 7) is 2.59. The second kappa shape index (κ2) is 8.56. The molecule has 3 rings (SSSR count). The zero-order chi connectivity index (χ0) is 19.2. The molecule has 6 heteroatoms. The molecule has 1 saturated heterocycles. The van der Waals surface area contributed by atoms with Crippen LogP contribution in [0.15, 0.2) is 53.4 Å². The fraction of sp³-hybridized carbons (Fsp3) is 0.190. The van der Waals surface area contributed by atoms with E-state index in [2.05, 4.69) is 6.07 Å². The summed E-state index contributed by atoms with van der Waals surface area (Å²) in [7, 11) is 0. The Morgan fingerprint density at radius 1 is 1.15 bits per heavy atom. The van der Waals surface area contributed by atoms with E-state index in [0.717, 1.165) is 23.7 Å². The first-order valence-corrected chi connectivity index (χ1v) is 9.41. The van der Waals surface area contributed by atoms with Crippen LogP contribution in [0.2, 0.25) is 0 Å². The molecule has 0 N–H and O–H groups in total. The molecule has 0 aromatic heterocycles. The number of nitrogens with zero attached hydrogens (tertiary/aromatic N) is 2. The first-order chi connectivity index (χ1) is 13.1. The second-order valence-corrected chi connectivity index (χ2v) is 6.92. The van der Waals surface area contributed by atoms with Gasteiger partial charge in [0.25, 0.3) is 11.1 Å². The Labute approximate surface area is 162 Å². The van der Waals surface area contributed by atoms with Crippen LogP contribution in [-0.2, 0) is 11.4 Å². The fourth-order valence-electron chi connectivity index (χ4n) is 2.70. The lowest BCUT2D eigenvalue weighted by molar-refractivity contribution is -0.122. The molecule has 1 heterocycles. The molecule has 0 bridgehead atoms. The predicted octanol–water partition coefficient (Wildman–Crippen LogP) is 4.58. The van der Waals surface area contributed by atoms with Crippen LogP contribution in [0, 0.1) is 11.3 Å². The number of rotatable bonds is 6. The van der Waals surface area contributed by atoms with Gasteiger partial charge in [0.2, 0.25) is 0 Å². The standard InChI is InChI=1S/C21H18N2O3S/c1-2-11-23-20(24)19(27-21(23)25)12-15-7-5-6-10-18(15)26-14-17-9-4-3-8-16(17)13-22/h3-10,12H,2,11,14H2,1H3/b19-12+. The van der Waals surface area contributed by atoms with Crippen LogP contribution < -0.4 is 4.74 Å². The van der Waals surface area contributed by atoms with Crippen molar-refractivity contribution in [2.75, 3.05) is 6.54 Å². The summed E-state index contributed by atoms with van der Waals surface area (Å²) in [6.07, 6.45) is 2.41. The Morgan fingerprint density at radius 2 is 1.89 bits per heavy atom. The van der Waals surface area contributed by atoms with E-state index in [-0.39, 0.29) is 17.8 Å². The molecule has 27 heavy (non-hydrogen) atoms. The molecule has 1 aliphatic rings. The molecular formula is C21H18N2O3S. The van der Waals surface area contributed by atoms with E-state index in [1.54, 1.807) is 18.2 Å². The van der Waals surface area contributed by atoms with Crippen LogP contribution in [0.4, 0.5) is 4.79 Å². The van der Waals surface area contributed by atoms with Gasteiger partial charge in [-0.25, -0.2) is 0 Å². The van der Waals surface area contributed by atoms with Gasteiger partial charge in [-0.15, -0.1) is 0 Å². The number of hydrogen-bond donors (Lipinski definition) is 0. The number of hydrogen-bond acceptors (Lipinski definition) is 5. The van der Waals surface area contributed by atoms with E-state index in [1.165, 1.54) is 4.90 Å². The molecular weight excluding hydrogens is 360 g/mol. The third-order valence-electron chi connectivity index (χ3n) is 4.05. The van der Waals surface area contributed by atoms with E-state index >= 15 is 0 Å². The van der Waals surface area contributed by atoms with E-state index in [0.29, 0.717) is 28.3 Å². The Bertz CT molecular complexity index is 946. The fourth-order valence-corrected chi connectivity index (χ4v) is 3.56. The Morgan fingerprint density at radius 3 is 2.67 bits per heavy atom. The largest absolute Gasteiger partial charge is 0.488 e. The smallest absolute Gasteiger partial charge is 0.293 e. The Balaban J connectivity index is 1.82. The lowest BCUT2D eigenvalue weighted by Gasteiger charge is -2.11. The van der Waals surface area contributed by atoms with Crippen LogP contribution >= 0.6 is 11.8 Å². The van der Waals surface area contributed by atoms with Crippen molar-refractivity contribution in [1.29, 1.82) is 5.26 Å². The maximum absolute atomic E-state index is 12.4. The van der Waals surface area contributed by atoms with Gasteiger partial charge in [0.05, 0.1) is 16.5 Å². The number of nitriles is 1. The molecule has 0 radical (unpaired) electrons. The van der Waals surface area contributed by atoms with E-state index in [9.17, 15) is 14.9 Å². The molecule has 5 nitrogen and oxygen atoms in total. The minimum Gasteiger partial charge on any atom is -0.488 e. The molecule has 1 aliphatic heterocycles. The highest BCUT2D eigenvalue weighted by molar-refractivity contribution is 8.18. The molecule has 1 fully saturated rings. The lowest BCUT2D eigenvalue weighted by Crippen LogP contribution is -2.28. The maximum atomic E-state index is 12.4. The van der Waals surface area contributed by atoms with Gasteiger partial charge in [-0.05, 0) is 36.4 Å². The Hall–Kier alpha value is -3.04. The van der Waals surface area contributed by atoms with Crippen molar-refractivity contribution < 1.29 is 14.3 Å².